The Bertz CT molecular complexity index is 591. The van der Waals surface area contributed by atoms with Crippen LogP contribution in [0, 0.1) is 6.92 Å². The lowest BCUT2D eigenvalue weighted by Gasteiger charge is -2.17. The first kappa shape index (κ1) is 14.3. The molecule has 0 radical (unpaired) electrons. The van der Waals surface area contributed by atoms with Gasteiger partial charge in [0, 0.05) is 32.9 Å². The van der Waals surface area contributed by atoms with Crippen LogP contribution in [0.4, 0.5) is 0 Å². The van der Waals surface area contributed by atoms with Gasteiger partial charge in [0.15, 0.2) is 0 Å². The monoisotopic (exact) mass is 272 g/mol. The number of nitrogens with two attached hydrogens (primary N) is 1. The predicted octanol–water partition coefficient (Wildman–Crippen LogP) is 1.42. The van der Waals surface area contributed by atoms with Crippen LogP contribution < -0.4 is 5.73 Å². The number of carbonyl (C=O) groups is 1. The molecular weight excluding hydrogens is 252 g/mol. The maximum Gasteiger partial charge on any atom is 0.274 e. The number of imidazole rings is 1. The number of amides is 1. The fourth-order valence-corrected chi connectivity index (χ4v) is 2.05. The highest BCUT2D eigenvalue weighted by Crippen LogP contribution is 2.11. The van der Waals surface area contributed by atoms with Crippen molar-refractivity contribution < 1.29 is 4.79 Å². The van der Waals surface area contributed by atoms with E-state index in [1.165, 1.54) is 5.56 Å². The average molecular weight is 272 g/mol. The molecule has 2 aromatic rings. The molecule has 20 heavy (non-hydrogen) atoms. The Balaban J connectivity index is 2.06. The SMILES string of the molecule is Cc1ccccc1CN(C)C(=O)c1cn(CCN)cn1. The number of aromatic nitrogens is 2. The zero-order chi connectivity index (χ0) is 14.5. The molecule has 2 N–H and O–H groups in total. The molecule has 1 amide bonds. The average Bonchev–Trinajstić information content (AvgIpc) is 2.89. The van der Waals surface area contributed by atoms with E-state index >= 15 is 0 Å². The predicted molar refractivity (Wildman–Crippen MR) is 78.3 cm³/mol. The Morgan fingerprint density at radius 2 is 2.15 bits per heavy atom. The van der Waals surface area contributed by atoms with E-state index < -0.39 is 0 Å². The van der Waals surface area contributed by atoms with Crippen LogP contribution in [0.3, 0.4) is 0 Å². The van der Waals surface area contributed by atoms with Crippen LogP contribution in [0.25, 0.3) is 0 Å². The Morgan fingerprint density at radius 1 is 1.40 bits per heavy atom. The van der Waals surface area contributed by atoms with E-state index in [9.17, 15) is 4.79 Å². The van der Waals surface area contributed by atoms with Crippen LogP contribution in [0.15, 0.2) is 36.8 Å². The van der Waals surface area contributed by atoms with Crippen molar-refractivity contribution in [1.29, 1.82) is 0 Å². The minimum absolute atomic E-state index is 0.0796. The molecule has 0 aliphatic rings. The summed E-state index contributed by atoms with van der Waals surface area (Å²) in [4.78, 5) is 18.1. The van der Waals surface area contributed by atoms with Crippen molar-refractivity contribution in [2.75, 3.05) is 13.6 Å². The van der Waals surface area contributed by atoms with Gasteiger partial charge in [0.05, 0.1) is 6.33 Å². The van der Waals surface area contributed by atoms with Crippen molar-refractivity contribution in [2.24, 2.45) is 5.73 Å². The molecule has 0 atom stereocenters. The number of carbonyl (C=O) groups excluding carboxylic acids is 1. The Labute approximate surface area is 119 Å². The van der Waals surface area contributed by atoms with Gasteiger partial charge in [0.1, 0.15) is 5.69 Å². The first-order chi connectivity index (χ1) is 9.61. The Morgan fingerprint density at radius 3 is 2.85 bits per heavy atom. The summed E-state index contributed by atoms with van der Waals surface area (Å²) in [6.07, 6.45) is 3.38. The van der Waals surface area contributed by atoms with Crippen LogP contribution in [0.1, 0.15) is 21.6 Å². The van der Waals surface area contributed by atoms with E-state index in [2.05, 4.69) is 4.98 Å². The normalized spacial score (nSPS) is 10.6. The van der Waals surface area contributed by atoms with Crippen LogP contribution >= 0.6 is 0 Å². The molecule has 0 aliphatic carbocycles. The lowest BCUT2D eigenvalue weighted by atomic mass is 10.1. The lowest BCUT2D eigenvalue weighted by molar-refractivity contribution is 0.0779. The van der Waals surface area contributed by atoms with Gasteiger partial charge in [-0.15, -0.1) is 0 Å². The highest BCUT2D eigenvalue weighted by molar-refractivity contribution is 5.91. The van der Waals surface area contributed by atoms with Crippen molar-refractivity contribution in [3.63, 3.8) is 0 Å². The fraction of sp³-hybridized carbons (Fsp3) is 0.333. The third kappa shape index (κ3) is 3.24. The van der Waals surface area contributed by atoms with Gasteiger partial charge in [0.25, 0.3) is 5.91 Å². The molecule has 2 rings (SSSR count). The topological polar surface area (TPSA) is 64.2 Å². The summed E-state index contributed by atoms with van der Waals surface area (Å²) in [6.45, 7) is 3.82. The minimum Gasteiger partial charge on any atom is -0.336 e. The van der Waals surface area contributed by atoms with Gasteiger partial charge in [-0.2, -0.15) is 0 Å². The molecule has 106 valence electrons. The quantitative estimate of drug-likeness (QED) is 0.895. The maximum absolute atomic E-state index is 12.3. The molecule has 0 fully saturated rings. The molecule has 1 aromatic heterocycles. The molecule has 0 spiro atoms. The molecule has 0 unspecified atom stereocenters. The van der Waals surface area contributed by atoms with Crippen LogP contribution in [0.5, 0.6) is 0 Å². The number of nitrogens with zero attached hydrogens (tertiary/aromatic N) is 3. The maximum atomic E-state index is 12.3. The summed E-state index contributed by atoms with van der Waals surface area (Å²) in [5.74, 6) is -0.0796. The molecular formula is C15H20N4O. The molecule has 5 heteroatoms. The zero-order valence-corrected chi connectivity index (χ0v) is 11.9. The van der Waals surface area contributed by atoms with Crippen LogP contribution in [-0.4, -0.2) is 34.0 Å². The van der Waals surface area contributed by atoms with E-state index in [0.717, 1.165) is 5.56 Å². The van der Waals surface area contributed by atoms with Gasteiger partial charge >= 0.3 is 0 Å². The Hall–Kier alpha value is -2.14. The highest BCUT2D eigenvalue weighted by Gasteiger charge is 2.15. The second kappa shape index (κ2) is 6.34. The number of benzene rings is 1. The Kier molecular flexibility index (Phi) is 4.53. The smallest absolute Gasteiger partial charge is 0.274 e. The molecule has 0 saturated carbocycles. The summed E-state index contributed by atoms with van der Waals surface area (Å²) in [5, 5.41) is 0. The highest BCUT2D eigenvalue weighted by atomic mass is 16.2. The van der Waals surface area contributed by atoms with Crippen molar-refractivity contribution in [2.45, 2.75) is 20.0 Å². The van der Waals surface area contributed by atoms with Gasteiger partial charge in [-0.1, -0.05) is 24.3 Å². The molecule has 0 aliphatic heterocycles. The molecule has 0 saturated heterocycles. The third-order valence-corrected chi connectivity index (χ3v) is 3.26. The van der Waals surface area contributed by atoms with Crippen molar-refractivity contribution >= 4 is 5.91 Å². The molecule has 1 aromatic carbocycles. The van der Waals surface area contributed by atoms with Gasteiger partial charge in [-0.3, -0.25) is 4.79 Å². The summed E-state index contributed by atoms with van der Waals surface area (Å²) < 4.78 is 1.83. The number of hydrogen-bond donors (Lipinski definition) is 1. The fourth-order valence-electron chi connectivity index (χ4n) is 2.05. The van der Waals surface area contributed by atoms with E-state index in [1.807, 2.05) is 35.8 Å². The van der Waals surface area contributed by atoms with E-state index in [-0.39, 0.29) is 5.91 Å². The second-order valence-electron chi connectivity index (χ2n) is 4.87. The van der Waals surface area contributed by atoms with Gasteiger partial charge in [0.2, 0.25) is 0 Å². The molecule has 5 nitrogen and oxygen atoms in total. The number of rotatable bonds is 5. The second-order valence-corrected chi connectivity index (χ2v) is 4.87. The largest absolute Gasteiger partial charge is 0.336 e. The summed E-state index contributed by atoms with van der Waals surface area (Å²) in [5.41, 5.74) is 8.26. The van der Waals surface area contributed by atoms with E-state index in [0.29, 0.717) is 25.3 Å². The van der Waals surface area contributed by atoms with Gasteiger partial charge in [-0.25, -0.2) is 4.98 Å². The van der Waals surface area contributed by atoms with Crippen molar-refractivity contribution in [3.8, 4) is 0 Å². The van der Waals surface area contributed by atoms with Crippen LogP contribution in [0.2, 0.25) is 0 Å². The van der Waals surface area contributed by atoms with Gasteiger partial charge < -0.3 is 15.2 Å². The third-order valence-electron chi connectivity index (χ3n) is 3.26. The van der Waals surface area contributed by atoms with Crippen LogP contribution in [-0.2, 0) is 13.1 Å². The van der Waals surface area contributed by atoms with E-state index in [4.69, 9.17) is 5.73 Å². The summed E-state index contributed by atoms with van der Waals surface area (Å²) >= 11 is 0. The first-order valence-electron chi connectivity index (χ1n) is 6.63. The number of hydrogen-bond acceptors (Lipinski definition) is 3. The minimum atomic E-state index is -0.0796. The van der Waals surface area contributed by atoms with Crippen molar-refractivity contribution in [1.82, 2.24) is 14.5 Å². The molecule has 0 bridgehead atoms. The standard InChI is InChI=1S/C15H20N4O/c1-12-5-3-4-6-13(12)9-18(2)15(20)14-10-19(8-7-16)11-17-14/h3-6,10-11H,7-9,16H2,1-2H3. The number of aryl methyl sites for hydroxylation is 1. The molecule has 1 heterocycles. The lowest BCUT2D eigenvalue weighted by Crippen LogP contribution is -2.26. The van der Waals surface area contributed by atoms with Crippen molar-refractivity contribution in [3.05, 3.63) is 53.6 Å². The summed E-state index contributed by atoms with van der Waals surface area (Å²) in [6, 6.07) is 8.06. The van der Waals surface area contributed by atoms with E-state index in [1.54, 1.807) is 24.5 Å². The first-order valence-corrected chi connectivity index (χ1v) is 6.63. The van der Waals surface area contributed by atoms with Gasteiger partial charge in [-0.05, 0) is 18.1 Å². The zero-order valence-electron chi connectivity index (χ0n) is 11.9. The summed E-state index contributed by atoms with van der Waals surface area (Å²) in [7, 11) is 1.79.